The zero-order valence-corrected chi connectivity index (χ0v) is 16.9. The number of aliphatic hydroxyl groups excluding tert-OH is 1. The fourth-order valence-electron chi connectivity index (χ4n) is 3.10. The Morgan fingerprint density at radius 2 is 1.96 bits per heavy atom. The van der Waals surface area contributed by atoms with E-state index >= 15 is 0 Å². The first-order valence-electron chi connectivity index (χ1n) is 8.81. The monoisotopic (exact) mass is 390 g/mol. The van der Waals surface area contributed by atoms with Crippen LogP contribution in [0.15, 0.2) is 10.9 Å². The lowest BCUT2D eigenvalue weighted by Gasteiger charge is -2.21. The SMILES string of the molecule is COc1cc2c(=O)n(CC(O)CN(C)CCC#N)c(C)nc2c(OC)c1OC. The topological polar surface area (TPSA) is 110 Å². The summed E-state index contributed by atoms with van der Waals surface area (Å²) in [5.41, 5.74) is 0.0695. The second kappa shape index (κ2) is 9.39. The highest BCUT2D eigenvalue weighted by Crippen LogP contribution is 2.41. The summed E-state index contributed by atoms with van der Waals surface area (Å²) in [6.45, 7) is 2.66. The molecule has 1 N–H and O–H groups in total. The van der Waals surface area contributed by atoms with Crippen molar-refractivity contribution in [3.05, 3.63) is 22.2 Å². The number of nitrogens with zero attached hydrogens (tertiary/aromatic N) is 4. The minimum absolute atomic E-state index is 0.0845. The molecule has 0 aliphatic heterocycles. The average Bonchev–Trinajstić information content (AvgIpc) is 2.68. The Labute approximate surface area is 163 Å². The number of rotatable bonds is 9. The van der Waals surface area contributed by atoms with E-state index in [1.165, 1.54) is 25.9 Å². The van der Waals surface area contributed by atoms with Gasteiger partial charge in [-0.25, -0.2) is 4.98 Å². The van der Waals surface area contributed by atoms with Gasteiger partial charge in [0.25, 0.3) is 5.56 Å². The third-order valence-electron chi connectivity index (χ3n) is 4.46. The summed E-state index contributed by atoms with van der Waals surface area (Å²) in [6.07, 6.45) is -0.414. The molecule has 1 atom stereocenters. The van der Waals surface area contributed by atoms with Gasteiger partial charge in [-0.3, -0.25) is 9.36 Å². The molecular weight excluding hydrogens is 364 g/mol. The van der Waals surface area contributed by atoms with Gasteiger partial charge in [-0.05, 0) is 20.0 Å². The predicted molar refractivity (Wildman–Crippen MR) is 104 cm³/mol. The van der Waals surface area contributed by atoms with Crippen LogP contribution in [0, 0.1) is 18.3 Å². The van der Waals surface area contributed by atoms with E-state index in [-0.39, 0.29) is 12.1 Å². The van der Waals surface area contributed by atoms with Crippen LogP contribution in [0.25, 0.3) is 10.9 Å². The van der Waals surface area contributed by atoms with Gasteiger partial charge < -0.3 is 24.2 Å². The van der Waals surface area contributed by atoms with Crippen molar-refractivity contribution in [3.63, 3.8) is 0 Å². The van der Waals surface area contributed by atoms with Crippen LogP contribution in [-0.4, -0.2) is 67.1 Å². The number of ether oxygens (including phenoxy) is 3. The summed E-state index contributed by atoms with van der Waals surface area (Å²) < 4.78 is 17.5. The van der Waals surface area contributed by atoms with Gasteiger partial charge in [0.1, 0.15) is 11.3 Å². The molecule has 152 valence electrons. The summed E-state index contributed by atoms with van der Waals surface area (Å²) in [5, 5.41) is 19.4. The van der Waals surface area contributed by atoms with Gasteiger partial charge in [-0.15, -0.1) is 0 Å². The number of aryl methyl sites for hydroxylation is 1. The molecule has 9 heteroatoms. The highest BCUT2D eigenvalue weighted by atomic mass is 16.5. The standard InChI is InChI=1S/C19H26N4O5/c1-12-21-16-14(9-15(26-3)17(27-4)18(16)28-5)19(25)23(12)11-13(24)10-22(2)8-6-7-20/h9,13,24H,6,8,10-11H2,1-5H3. The molecule has 0 aliphatic rings. The molecule has 0 amide bonds. The van der Waals surface area contributed by atoms with Crippen molar-refractivity contribution in [2.75, 3.05) is 41.5 Å². The van der Waals surface area contributed by atoms with E-state index in [2.05, 4.69) is 11.1 Å². The Morgan fingerprint density at radius 3 is 2.54 bits per heavy atom. The van der Waals surface area contributed by atoms with Gasteiger partial charge in [0.05, 0.1) is 45.4 Å². The van der Waals surface area contributed by atoms with Crippen LogP contribution in [0.4, 0.5) is 0 Å². The van der Waals surface area contributed by atoms with E-state index < -0.39 is 6.10 Å². The minimum atomic E-state index is -0.790. The maximum absolute atomic E-state index is 13.1. The van der Waals surface area contributed by atoms with Gasteiger partial charge in [-0.2, -0.15) is 5.26 Å². The molecule has 1 aromatic carbocycles. The first-order valence-corrected chi connectivity index (χ1v) is 8.81. The summed E-state index contributed by atoms with van der Waals surface area (Å²) in [6, 6.07) is 3.63. The van der Waals surface area contributed by atoms with Gasteiger partial charge in [0.2, 0.25) is 5.75 Å². The highest BCUT2D eigenvalue weighted by molar-refractivity contribution is 5.89. The number of hydrogen-bond acceptors (Lipinski definition) is 8. The number of likely N-dealkylation sites (N-methyl/N-ethyl adjacent to an activating group) is 1. The van der Waals surface area contributed by atoms with E-state index in [9.17, 15) is 9.90 Å². The fraction of sp³-hybridized carbons (Fsp3) is 0.526. The van der Waals surface area contributed by atoms with E-state index in [0.717, 1.165) is 0 Å². The quantitative estimate of drug-likeness (QED) is 0.674. The van der Waals surface area contributed by atoms with Crippen LogP contribution in [-0.2, 0) is 6.54 Å². The Bertz CT molecular complexity index is 935. The minimum Gasteiger partial charge on any atom is -0.493 e. The number of fused-ring (bicyclic) bond motifs is 1. The Kier molecular flexibility index (Phi) is 7.20. The molecule has 0 radical (unpaired) electrons. The molecule has 2 rings (SSSR count). The number of methoxy groups -OCH3 is 3. The maximum atomic E-state index is 13.1. The summed E-state index contributed by atoms with van der Waals surface area (Å²) in [7, 11) is 6.25. The van der Waals surface area contributed by atoms with Crippen LogP contribution in [0.5, 0.6) is 17.2 Å². The Hall–Kier alpha value is -2.83. The third kappa shape index (κ3) is 4.35. The zero-order valence-electron chi connectivity index (χ0n) is 16.9. The second-order valence-electron chi connectivity index (χ2n) is 6.44. The number of aliphatic hydroxyl groups is 1. The van der Waals surface area contributed by atoms with Crippen LogP contribution in [0.1, 0.15) is 12.2 Å². The molecule has 0 saturated carbocycles. The average molecular weight is 390 g/mol. The molecule has 0 fully saturated rings. The van der Waals surface area contributed by atoms with E-state index in [4.69, 9.17) is 19.5 Å². The molecule has 2 aromatic rings. The van der Waals surface area contributed by atoms with Gasteiger partial charge in [-0.1, -0.05) is 0 Å². The predicted octanol–water partition coefficient (Wildman–Crippen LogP) is 0.937. The number of hydrogen-bond donors (Lipinski definition) is 1. The molecule has 9 nitrogen and oxygen atoms in total. The summed E-state index contributed by atoms with van der Waals surface area (Å²) >= 11 is 0. The number of benzene rings is 1. The van der Waals surface area contributed by atoms with Crippen molar-refractivity contribution in [2.24, 2.45) is 0 Å². The third-order valence-corrected chi connectivity index (χ3v) is 4.46. The van der Waals surface area contributed by atoms with Crippen LogP contribution < -0.4 is 19.8 Å². The smallest absolute Gasteiger partial charge is 0.261 e. The van der Waals surface area contributed by atoms with Crippen molar-refractivity contribution in [2.45, 2.75) is 26.0 Å². The lowest BCUT2D eigenvalue weighted by atomic mass is 10.2. The first kappa shape index (κ1) is 21.5. The van der Waals surface area contributed by atoms with Gasteiger partial charge >= 0.3 is 0 Å². The van der Waals surface area contributed by atoms with E-state index in [1.807, 2.05) is 11.9 Å². The molecule has 1 aromatic heterocycles. The molecule has 1 unspecified atom stereocenters. The second-order valence-corrected chi connectivity index (χ2v) is 6.44. The fourth-order valence-corrected chi connectivity index (χ4v) is 3.10. The summed E-state index contributed by atoms with van der Waals surface area (Å²) in [4.78, 5) is 19.4. The van der Waals surface area contributed by atoms with Crippen LogP contribution in [0.2, 0.25) is 0 Å². The van der Waals surface area contributed by atoms with Crippen LogP contribution >= 0.6 is 0 Å². The van der Waals surface area contributed by atoms with Gasteiger partial charge in [0.15, 0.2) is 11.5 Å². The normalized spacial score (nSPS) is 12.1. The van der Waals surface area contributed by atoms with Crippen molar-refractivity contribution in [1.29, 1.82) is 5.26 Å². The molecule has 0 spiro atoms. The molecule has 0 saturated heterocycles. The maximum Gasteiger partial charge on any atom is 0.261 e. The lowest BCUT2D eigenvalue weighted by Crippen LogP contribution is -2.36. The van der Waals surface area contributed by atoms with Crippen LogP contribution in [0.3, 0.4) is 0 Å². The number of nitriles is 1. The lowest BCUT2D eigenvalue weighted by molar-refractivity contribution is 0.109. The van der Waals surface area contributed by atoms with Crippen molar-refractivity contribution in [1.82, 2.24) is 14.5 Å². The van der Waals surface area contributed by atoms with Gasteiger partial charge in [0, 0.05) is 19.5 Å². The van der Waals surface area contributed by atoms with Crippen molar-refractivity contribution >= 4 is 10.9 Å². The molecule has 0 aliphatic carbocycles. The van der Waals surface area contributed by atoms with E-state index in [0.29, 0.717) is 53.5 Å². The molecule has 1 heterocycles. The zero-order chi connectivity index (χ0) is 20.8. The summed E-state index contributed by atoms with van der Waals surface area (Å²) in [5.74, 6) is 1.49. The Morgan fingerprint density at radius 1 is 1.29 bits per heavy atom. The molecule has 28 heavy (non-hydrogen) atoms. The highest BCUT2D eigenvalue weighted by Gasteiger charge is 2.21. The first-order chi connectivity index (χ1) is 13.4. The Balaban J connectivity index is 2.46. The molecule has 0 bridgehead atoms. The number of aromatic nitrogens is 2. The van der Waals surface area contributed by atoms with Crippen molar-refractivity contribution < 1.29 is 19.3 Å². The molecular formula is C19H26N4O5. The van der Waals surface area contributed by atoms with Crippen molar-refractivity contribution in [3.8, 4) is 23.3 Å². The largest absolute Gasteiger partial charge is 0.493 e. The van der Waals surface area contributed by atoms with E-state index in [1.54, 1.807) is 13.0 Å².